The zero-order valence-corrected chi connectivity index (χ0v) is 14.6. The maximum atomic E-state index is 12.8. The minimum atomic E-state index is -0.298. The summed E-state index contributed by atoms with van der Waals surface area (Å²) >= 11 is 1.31. The van der Waals surface area contributed by atoms with Gasteiger partial charge in [0.1, 0.15) is 5.75 Å². The first-order valence-corrected chi connectivity index (χ1v) is 8.56. The molecule has 126 valence electrons. The molecule has 2 aromatic rings. The minimum absolute atomic E-state index is 0.191. The highest BCUT2D eigenvalue weighted by Crippen LogP contribution is 2.39. The first-order chi connectivity index (χ1) is 12.2. The van der Waals surface area contributed by atoms with Crippen LogP contribution in [0.3, 0.4) is 0 Å². The first-order valence-electron chi connectivity index (χ1n) is 7.74. The molecule has 4 nitrogen and oxygen atoms in total. The Bertz CT molecular complexity index is 841. The van der Waals surface area contributed by atoms with Crippen molar-refractivity contribution in [3.8, 4) is 5.75 Å². The highest BCUT2D eigenvalue weighted by Gasteiger charge is 2.38. The molecular weight excluding hydrogens is 334 g/mol. The maximum absolute atomic E-state index is 12.8. The molecule has 0 saturated heterocycles. The van der Waals surface area contributed by atoms with E-state index in [1.54, 1.807) is 37.5 Å². The van der Waals surface area contributed by atoms with E-state index in [1.165, 1.54) is 16.7 Å². The first kappa shape index (κ1) is 17.0. The van der Waals surface area contributed by atoms with E-state index >= 15 is 0 Å². The van der Waals surface area contributed by atoms with Crippen LogP contribution in [0.5, 0.6) is 5.75 Å². The minimum Gasteiger partial charge on any atom is -0.497 e. The number of benzene rings is 2. The van der Waals surface area contributed by atoms with Crippen LogP contribution >= 0.6 is 11.8 Å². The van der Waals surface area contributed by atoms with Gasteiger partial charge < -0.3 is 4.74 Å². The Morgan fingerprint density at radius 2 is 1.72 bits per heavy atom. The molecule has 0 atom stereocenters. The van der Waals surface area contributed by atoms with E-state index in [-0.39, 0.29) is 18.4 Å². The topological polar surface area (TPSA) is 46.6 Å². The summed E-state index contributed by atoms with van der Waals surface area (Å²) in [7, 11) is 1.58. The van der Waals surface area contributed by atoms with E-state index in [0.29, 0.717) is 21.8 Å². The Hall–Kier alpha value is -2.79. The molecule has 2 amide bonds. The number of methoxy groups -OCH3 is 1. The highest BCUT2D eigenvalue weighted by molar-refractivity contribution is 8.04. The number of ether oxygens (including phenoxy) is 1. The second kappa shape index (κ2) is 7.40. The zero-order valence-electron chi connectivity index (χ0n) is 13.8. The number of carbonyl (C=O) groups excluding carboxylic acids is 2. The predicted molar refractivity (Wildman–Crippen MR) is 99.1 cm³/mol. The molecule has 0 bridgehead atoms. The van der Waals surface area contributed by atoms with E-state index in [1.807, 2.05) is 30.3 Å². The lowest BCUT2D eigenvalue weighted by Crippen LogP contribution is -2.31. The van der Waals surface area contributed by atoms with Gasteiger partial charge in [-0.2, -0.15) is 0 Å². The van der Waals surface area contributed by atoms with Gasteiger partial charge in [0.2, 0.25) is 0 Å². The van der Waals surface area contributed by atoms with Crippen LogP contribution in [0.1, 0.15) is 5.56 Å². The molecule has 0 unspecified atom stereocenters. The van der Waals surface area contributed by atoms with Crippen LogP contribution in [-0.4, -0.2) is 30.4 Å². The average Bonchev–Trinajstić information content (AvgIpc) is 2.87. The SMILES string of the molecule is C=CCN1C(=O)C(Sc2ccccc2)=C(c2ccc(OC)cc2)C1=O. The Balaban J connectivity index is 2.06. The summed E-state index contributed by atoms with van der Waals surface area (Å²) in [5, 5.41) is 0. The third-order valence-corrected chi connectivity index (χ3v) is 4.87. The molecule has 1 aliphatic heterocycles. The molecule has 1 heterocycles. The Morgan fingerprint density at radius 1 is 1.04 bits per heavy atom. The Labute approximate surface area is 150 Å². The summed E-state index contributed by atoms with van der Waals surface area (Å²) in [4.78, 5) is 28.1. The third-order valence-electron chi connectivity index (χ3n) is 3.78. The van der Waals surface area contributed by atoms with E-state index in [2.05, 4.69) is 6.58 Å². The van der Waals surface area contributed by atoms with Crippen LogP contribution in [0.4, 0.5) is 0 Å². The molecular formula is C20H17NO3S. The molecule has 0 radical (unpaired) electrons. The number of amides is 2. The van der Waals surface area contributed by atoms with Crippen molar-refractivity contribution in [3.63, 3.8) is 0 Å². The molecule has 1 aliphatic rings. The number of carbonyl (C=O) groups is 2. The summed E-state index contributed by atoms with van der Waals surface area (Å²) in [6.45, 7) is 3.83. The molecule has 2 aromatic carbocycles. The van der Waals surface area contributed by atoms with Gasteiger partial charge in [-0.05, 0) is 29.8 Å². The number of nitrogens with zero attached hydrogens (tertiary/aromatic N) is 1. The maximum Gasteiger partial charge on any atom is 0.268 e. The van der Waals surface area contributed by atoms with Gasteiger partial charge in [0.25, 0.3) is 11.8 Å². The third kappa shape index (κ3) is 3.37. The monoisotopic (exact) mass is 351 g/mol. The zero-order chi connectivity index (χ0) is 17.8. The summed E-state index contributed by atoms with van der Waals surface area (Å²) in [5.41, 5.74) is 1.12. The fourth-order valence-corrected chi connectivity index (χ4v) is 3.60. The van der Waals surface area contributed by atoms with Gasteiger partial charge >= 0.3 is 0 Å². The Morgan fingerprint density at radius 3 is 2.32 bits per heavy atom. The largest absolute Gasteiger partial charge is 0.497 e. The van der Waals surface area contributed by atoms with Gasteiger partial charge in [-0.15, -0.1) is 6.58 Å². The van der Waals surface area contributed by atoms with Crippen molar-refractivity contribution < 1.29 is 14.3 Å². The number of thioether (sulfide) groups is 1. The number of hydrogen-bond acceptors (Lipinski definition) is 4. The van der Waals surface area contributed by atoms with E-state index in [9.17, 15) is 9.59 Å². The lowest BCUT2D eigenvalue weighted by atomic mass is 10.1. The van der Waals surface area contributed by atoms with E-state index < -0.39 is 0 Å². The number of hydrogen-bond donors (Lipinski definition) is 0. The summed E-state index contributed by atoms with van der Waals surface area (Å²) in [6, 6.07) is 16.7. The normalized spacial score (nSPS) is 14.2. The number of imide groups is 1. The quantitative estimate of drug-likeness (QED) is 0.587. The van der Waals surface area contributed by atoms with Crippen molar-refractivity contribution >= 4 is 29.1 Å². The van der Waals surface area contributed by atoms with Crippen LogP contribution in [0, 0.1) is 0 Å². The van der Waals surface area contributed by atoms with Crippen LogP contribution in [0.15, 0.2) is 77.1 Å². The van der Waals surface area contributed by atoms with Crippen molar-refractivity contribution in [1.82, 2.24) is 4.90 Å². The van der Waals surface area contributed by atoms with Crippen LogP contribution < -0.4 is 4.74 Å². The molecule has 3 rings (SSSR count). The van der Waals surface area contributed by atoms with Crippen molar-refractivity contribution in [2.45, 2.75) is 4.90 Å². The second-order valence-corrected chi connectivity index (χ2v) is 6.44. The Kier molecular flexibility index (Phi) is 5.05. The average molecular weight is 351 g/mol. The van der Waals surface area contributed by atoms with Crippen molar-refractivity contribution in [1.29, 1.82) is 0 Å². The van der Waals surface area contributed by atoms with Gasteiger partial charge in [-0.3, -0.25) is 14.5 Å². The van der Waals surface area contributed by atoms with Crippen LogP contribution in [-0.2, 0) is 9.59 Å². The molecule has 0 aliphatic carbocycles. The molecule has 25 heavy (non-hydrogen) atoms. The van der Waals surface area contributed by atoms with E-state index in [0.717, 1.165) is 4.90 Å². The van der Waals surface area contributed by atoms with Crippen LogP contribution in [0.25, 0.3) is 5.57 Å². The predicted octanol–water partition coefficient (Wildman–Crippen LogP) is 3.75. The highest BCUT2D eigenvalue weighted by atomic mass is 32.2. The summed E-state index contributed by atoms with van der Waals surface area (Å²) in [5.74, 6) is 0.111. The molecule has 0 fully saturated rings. The van der Waals surface area contributed by atoms with Gasteiger partial charge in [0.05, 0.1) is 17.6 Å². The second-order valence-electron chi connectivity index (χ2n) is 5.36. The van der Waals surface area contributed by atoms with Crippen molar-refractivity contribution in [2.24, 2.45) is 0 Å². The smallest absolute Gasteiger partial charge is 0.268 e. The molecule has 0 saturated carbocycles. The molecule has 0 N–H and O–H groups in total. The fraction of sp³-hybridized carbons (Fsp3) is 0.100. The van der Waals surface area contributed by atoms with Gasteiger partial charge in [0.15, 0.2) is 0 Å². The van der Waals surface area contributed by atoms with Crippen molar-refractivity contribution in [2.75, 3.05) is 13.7 Å². The lowest BCUT2D eigenvalue weighted by Gasteiger charge is -2.12. The molecule has 0 aromatic heterocycles. The summed E-state index contributed by atoms with van der Waals surface area (Å²) in [6.07, 6.45) is 1.55. The fourth-order valence-electron chi connectivity index (χ4n) is 2.56. The van der Waals surface area contributed by atoms with Crippen molar-refractivity contribution in [3.05, 3.63) is 77.7 Å². The lowest BCUT2D eigenvalue weighted by molar-refractivity contribution is -0.135. The standard InChI is InChI=1S/C20H17NO3S/c1-3-13-21-19(22)17(14-9-11-15(24-2)12-10-14)18(20(21)23)25-16-7-5-4-6-8-16/h3-12H,1,13H2,2H3. The number of rotatable bonds is 6. The van der Waals surface area contributed by atoms with Gasteiger partial charge in [-0.1, -0.05) is 48.2 Å². The van der Waals surface area contributed by atoms with E-state index in [4.69, 9.17) is 4.74 Å². The van der Waals surface area contributed by atoms with Gasteiger partial charge in [0, 0.05) is 11.4 Å². The molecule has 0 spiro atoms. The molecule has 5 heteroatoms. The van der Waals surface area contributed by atoms with Gasteiger partial charge in [-0.25, -0.2) is 0 Å². The summed E-state index contributed by atoms with van der Waals surface area (Å²) < 4.78 is 5.17. The van der Waals surface area contributed by atoms with Crippen LogP contribution in [0.2, 0.25) is 0 Å².